The van der Waals surface area contributed by atoms with Crippen molar-refractivity contribution in [2.75, 3.05) is 13.2 Å². The number of hydrogen-bond donors (Lipinski definition) is 2. The second kappa shape index (κ2) is 6.92. The molecule has 1 aromatic heterocycles. The van der Waals surface area contributed by atoms with Crippen molar-refractivity contribution in [3.05, 3.63) is 52.2 Å². The van der Waals surface area contributed by atoms with E-state index in [1.165, 1.54) is 17.0 Å². The van der Waals surface area contributed by atoms with Gasteiger partial charge < -0.3 is 15.2 Å². The normalized spacial score (nSPS) is 10.3. The lowest BCUT2D eigenvalue weighted by atomic mass is 10.2. The molecule has 4 nitrogen and oxygen atoms in total. The largest absolute Gasteiger partial charge is 0.492 e. The Labute approximate surface area is 115 Å². The van der Waals surface area contributed by atoms with Crippen LogP contribution in [0.3, 0.4) is 0 Å². The standard InChI is InChI=1S/C14H15NO3S/c16-14(17)11-3-5-12(6-4-11)18-8-7-15-10-13-2-1-9-19-13/h1-6,9,15H,7-8,10H2,(H,16,17). The maximum atomic E-state index is 10.7. The van der Waals surface area contributed by atoms with Crippen molar-refractivity contribution in [1.82, 2.24) is 5.32 Å². The van der Waals surface area contributed by atoms with Crippen LogP contribution in [0.5, 0.6) is 5.75 Å². The van der Waals surface area contributed by atoms with Gasteiger partial charge in [-0.1, -0.05) is 6.07 Å². The summed E-state index contributed by atoms with van der Waals surface area (Å²) in [6.45, 7) is 2.15. The Balaban J connectivity index is 1.66. The topological polar surface area (TPSA) is 58.6 Å². The average molecular weight is 277 g/mol. The molecule has 0 aliphatic carbocycles. The summed E-state index contributed by atoms with van der Waals surface area (Å²) in [7, 11) is 0. The fraction of sp³-hybridized carbons (Fsp3) is 0.214. The number of carboxylic acid groups (broad SMARTS) is 1. The summed E-state index contributed by atoms with van der Waals surface area (Å²) in [6, 6.07) is 10.5. The molecular formula is C14H15NO3S. The number of carbonyl (C=O) groups is 1. The van der Waals surface area contributed by atoms with Gasteiger partial charge in [0, 0.05) is 18.0 Å². The Bertz CT molecular complexity index is 508. The van der Waals surface area contributed by atoms with Crippen LogP contribution in [0.15, 0.2) is 41.8 Å². The number of aromatic carboxylic acids is 1. The van der Waals surface area contributed by atoms with E-state index in [4.69, 9.17) is 9.84 Å². The lowest BCUT2D eigenvalue weighted by Gasteiger charge is -2.07. The summed E-state index contributed by atoms with van der Waals surface area (Å²) in [5.41, 5.74) is 0.267. The first kappa shape index (κ1) is 13.6. The van der Waals surface area contributed by atoms with Gasteiger partial charge in [0.25, 0.3) is 0 Å². The van der Waals surface area contributed by atoms with Gasteiger partial charge in [-0.25, -0.2) is 4.79 Å². The van der Waals surface area contributed by atoms with Crippen LogP contribution in [-0.4, -0.2) is 24.2 Å². The Morgan fingerprint density at radius 2 is 2.05 bits per heavy atom. The molecule has 1 heterocycles. The first-order valence-electron chi connectivity index (χ1n) is 5.95. The molecule has 0 saturated heterocycles. The molecule has 100 valence electrons. The molecule has 0 unspecified atom stereocenters. The molecule has 0 bridgehead atoms. The molecule has 0 fully saturated rings. The van der Waals surface area contributed by atoms with Crippen LogP contribution in [0.25, 0.3) is 0 Å². The van der Waals surface area contributed by atoms with Crippen LogP contribution in [0.4, 0.5) is 0 Å². The van der Waals surface area contributed by atoms with Crippen molar-refractivity contribution in [1.29, 1.82) is 0 Å². The molecule has 0 radical (unpaired) electrons. The zero-order valence-electron chi connectivity index (χ0n) is 10.3. The quantitative estimate of drug-likeness (QED) is 0.764. The van der Waals surface area contributed by atoms with Crippen molar-refractivity contribution >= 4 is 17.3 Å². The predicted molar refractivity (Wildman–Crippen MR) is 74.9 cm³/mol. The number of carboxylic acids is 1. The third kappa shape index (κ3) is 4.39. The van der Waals surface area contributed by atoms with Crippen molar-refractivity contribution in [3.63, 3.8) is 0 Å². The van der Waals surface area contributed by atoms with Gasteiger partial charge in [-0.15, -0.1) is 11.3 Å². The second-order valence-electron chi connectivity index (χ2n) is 3.93. The van der Waals surface area contributed by atoms with E-state index < -0.39 is 5.97 Å². The summed E-state index contributed by atoms with van der Waals surface area (Å²) < 4.78 is 5.51. The molecule has 0 spiro atoms. The maximum absolute atomic E-state index is 10.7. The summed E-state index contributed by atoms with van der Waals surface area (Å²) >= 11 is 1.72. The van der Waals surface area contributed by atoms with E-state index in [0.717, 1.165) is 13.1 Å². The molecule has 1 aromatic carbocycles. The smallest absolute Gasteiger partial charge is 0.335 e. The van der Waals surface area contributed by atoms with Gasteiger partial charge in [0.15, 0.2) is 0 Å². The van der Waals surface area contributed by atoms with Crippen LogP contribution in [0.1, 0.15) is 15.2 Å². The third-order valence-corrected chi connectivity index (χ3v) is 3.40. The Hall–Kier alpha value is -1.85. The van der Waals surface area contributed by atoms with Crippen LogP contribution in [0.2, 0.25) is 0 Å². The third-order valence-electron chi connectivity index (χ3n) is 2.53. The van der Waals surface area contributed by atoms with E-state index in [1.807, 2.05) is 6.07 Å². The van der Waals surface area contributed by atoms with Crippen LogP contribution in [-0.2, 0) is 6.54 Å². The fourth-order valence-electron chi connectivity index (χ4n) is 1.56. The molecule has 19 heavy (non-hydrogen) atoms. The Morgan fingerprint density at radius 1 is 1.26 bits per heavy atom. The van der Waals surface area contributed by atoms with Gasteiger partial charge >= 0.3 is 5.97 Å². The molecule has 2 aromatic rings. The summed E-state index contributed by atoms with van der Waals surface area (Å²) in [5.74, 6) is -0.243. The minimum Gasteiger partial charge on any atom is -0.492 e. The molecule has 0 saturated carbocycles. The van der Waals surface area contributed by atoms with Crippen molar-refractivity contribution in [3.8, 4) is 5.75 Å². The lowest BCUT2D eigenvalue weighted by molar-refractivity contribution is 0.0697. The molecule has 0 atom stereocenters. The second-order valence-corrected chi connectivity index (χ2v) is 4.97. The average Bonchev–Trinajstić information content (AvgIpc) is 2.92. The van der Waals surface area contributed by atoms with Gasteiger partial charge in [0.2, 0.25) is 0 Å². The molecule has 2 N–H and O–H groups in total. The monoisotopic (exact) mass is 277 g/mol. The molecule has 5 heteroatoms. The van der Waals surface area contributed by atoms with E-state index >= 15 is 0 Å². The van der Waals surface area contributed by atoms with Gasteiger partial charge in [0.1, 0.15) is 12.4 Å². The number of nitrogens with one attached hydrogen (secondary N) is 1. The zero-order chi connectivity index (χ0) is 13.5. The van der Waals surface area contributed by atoms with Crippen LogP contribution >= 0.6 is 11.3 Å². The number of thiophene rings is 1. The summed E-state index contributed by atoms with van der Waals surface area (Å²) in [4.78, 5) is 12.0. The molecule has 0 aliphatic heterocycles. The first-order valence-corrected chi connectivity index (χ1v) is 6.83. The number of benzene rings is 1. The molecule has 0 aliphatic rings. The highest BCUT2D eigenvalue weighted by Crippen LogP contribution is 2.12. The minimum atomic E-state index is -0.927. The van der Waals surface area contributed by atoms with Crippen LogP contribution < -0.4 is 10.1 Å². The molecular weight excluding hydrogens is 262 g/mol. The first-order chi connectivity index (χ1) is 9.25. The van der Waals surface area contributed by atoms with Gasteiger partial charge in [0.05, 0.1) is 5.56 Å². The Morgan fingerprint density at radius 3 is 2.68 bits per heavy atom. The van der Waals surface area contributed by atoms with Gasteiger partial charge in [-0.2, -0.15) is 0 Å². The van der Waals surface area contributed by atoms with E-state index in [1.54, 1.807) is 23.5 Å². The fourth-order valence-corrected chi connectivity index (χ4v) is 2.23. The zero-order valence-corrected chi connectivity index (χ0v) is 11.2. The maximum Gasteiger partial charge on any atom is 0.335 e. The van der Waals surface area contributed by atoms with Crippen molar-refractivity contribution in [2.45, 2.75) is 6.54 Å². The summed E-state index contributed by atoms with van der Waals surface area (Å²) in [6.07, 6.45) is 0. The highest BCUT2D eigenvalue weighted by atomic mass is 32.1. The number of ether oxygens (including phenoxy) is 1. The van der Waals surface area contributed by atoms with E-state index in [2.05, 4.69) is 16.8 Å². The number of rotatable bonds is 7. The van der Waals surface area contributed by atoms with Gasteiger partial charge in [-0.05, 0) is 35.7 Å². The van der Waals surface area contributed by atoms with Gasteiger partial charge in [-0.3, -0.25) is 0 Å². The molecule has 2 rings (SSSR count). The van der Waals surface area contributed by atoms with E-state index in [-0.39, 0.29) is 5.56 Å². The highest BCUT2D eigenvalue weighted by Gasteiger charge is 2.01. The SMILES string of the molecule is O=C(O)c1ccc(OCCNCc2cccs2)cc1. The Kier molecular flexibility index (Phi) is 4.94. The van der Waals surface area contributed by atoms with E-state index in [9.17, 15) is 4.79 Å². The molecule has 0 amide bonds. The predicted octanol–water partition coefficient (Wildman–Crippen LogP) is 2.61. The van der Waals surface area contributed by atoms with E-state index in [0.29, 0.717) is 12.4 Å². The number of hydrogen-bond acceptors (Lipinski definition) is 4. The van der Waals surface area contributed by atoms with Crippen molar-refractivity contribution in [2.24, 2.45) is 0 Å². The minimum absolute atomic E-state index is 0.267. The van der Waals surface area contributed by atoms with Crippen LogP contribution in [0, 0.1) is 0 Å². The summed E-state index contributed by atoms with van der Waals surface area (Å²) in [5, 5.41) is 14.1. The highest BCUT2D eigenvalue weighted by molar-refractivity contribution is 7.09. The van der Waals surface area contributed by atoms with Crippen molar-refractivity contribution < 1.29 is 14.6 Å². The lowest BCUT2D eigenvalue weighted by Crippen LogP contribution is -2.20.